The molecule has 0 bridgehead atoms. The number of aliphatic hydroxyl groups excluding tert-OH is 1. The molecule has 1 unspecified atom stereocenters. The Balaban J connectivity index is 2.34. The van der Waals surface area contributed by atoms with Crippen LogP contribution in [0.25, 0.3) is 0 Å². The van der Waals surface area contributed by atoms with E-state index in [9.17, 15) is 18.3 Å². The quantitative estimate of drug-likeness (QED) is 0.928. The summed E-state index contributed by atoms with van der Waals surface area (Å²) >= 11 is 0. The number of halogens is 3. The molecule has 0 saturated heterocycles. The van der Waals surface area contributed by atoms with Crippen LogP contribution in [0.15, 0.2) is 40.8 Å². The van der Waals surface area contributed by atoms with Crippen molar-refractivity contribution in [1.82, 2.24) is 0 Å². The van der Waals surface area contributed by atoms with Crippen LogP contribution in [0.2, 0.25) is 0 Å². The summed E-state index contributed by atoms with van der Waals surface area (Å²) in [5.41, 5.74) is -0.00539. The summed E-state index contributed by atoms with van der Waals surface area (Å²) in [6.45, 7) is 1.67. The van der Waals surface area contributed by atoms with E-state index in [1.54, 1.807) is 13.0 Å². The van der Waals surface area contributed by atoms with Crippen molar-refractivity contribution in [1.29, 1.82) is 0 Å². The molecule has 0 spiro atoms. The van der Waals surface area contributed by atoms with E-state index in [4.69, 9.17) is 4.42 Å². The van der Waals surface area contributed by atoms with E-state index in [0.717, 1.165) is 6.07 Å². The molecule has 0 aliphatic carbocycles. The van der Waals surface area contributed by atoms with Crippen molar-refractivity contribution < 1.29 is 27.4 Å². The van der Waals surface area contributed by atoms with E-state index in [1.807, 2.05) is 0 Å². The smallest absolute Gasteiger partial charge is 0.463 e. The summed E-state index contributed by atoms with van der Waals surface area (Å²) in [5, 5.41) is 10.0. The first-order chi connectivity index (χ1) is 8.87. The average Bonchev–Trinajstić information content (AvgIpc) is 2.74. The summed E-state index contributed by atoms with van der Waals surface area (Å²) < 4.78 is 45.9. The van der Waals surface area contributed by atoms with Crippen molar-refractivity contribution in [3.63, 3.8) is 0 Å². The van der Waals surface area contributed by atoms with Gasteiger partial charge < -0.3 is 14.3 Å². The van der Waals surface area contributed by atoms with Crippen molar-refractivity contribution in [3.8, 4) is 5.75 Å². The predicted molar refractivity (Wildman–Crippen MR) is 60.6 cm³/mol. The first-order valence-corrected chi connectivity index (χ1v) is 5.46. The monoisotopic (exact) mass is 272 g/mol. The normalized spacial score (nSPS) is 13.3. The summed E-state index contributed by atoms with van der Waals surface area (Å²) in [6.07, 6.45) is -6.12. The molecular formula is C13H11F3O3. The minimum atomic E-state index is -4.81. The second-order valence-corrected chi connectivity index (χ2v) is 3.94. The maximum Gasteiger partial charge on any atom is 0.573 e. The first kappa shape index (κ1) is 13.5. The number of alkyl halides is 3. The van der Waals surface area contributed by atoms with Crippen molar-refractivity contribution in [3.05, 3.63) is 53.5 Å². The molecule has 1 aromatic carbocycles. The van der Waals surface area contributed by atoms with Gasteiger partial charge >= 0.3 is 6.36 Å². The molecule has 0 saturated carbocycles. The first-order valence-electron chi connectivity index (χ1n) is 5.46. The fourth-order valence-electron chi connectivity index (χ4n) is 1.68. The van der Waals surface area contributed by atoms with Gasteiger partial charge in [0.25, 0.3) is 0 Å². The van der Waals surface area contributed by atoms with Crippen LogP contribution in [-0.2, 0) is 0 Å². The number of furan rings is 1. The van der Waals surface area contributed by atoms with Gasteiger partial charge in [0.2, 0.25) is 0 Å². The van der Waals surface area contributed by atoms with E-state index < -0.39 is 18.2 Å². The third kappa shape index (κ3) is 3.29. The van der Waals surface area contributed by atoms with Crippen LogP contribution in [0.1, 0.15) is 23.2 Å². The topological polar surface area (TPSA) is 42.6 Å². The predicted octanol–water partition coefficient (Wildman–Crippen LogP) is 3.57. The zero-order valence-electron chi connectivity index (χ0n) is 9.94. The molecule has 2 rings (SSSR count). The van der Waals surface area contributed by atoms with Crippen LogP contribution in [0.3, 0.4) is 0 Å². The molecule has 1 aromatic heterocycles. The molecule has 19 heavy (non-hydrogen) atoms. The number of aliphatic hydroxyl groups is 1. The van der Waals surface area contributed by atoms with Gasteiger partial charge in [0.05, 0.1) is 0 Å². The zero-order chi connectivity index (χ0) is 14.0. The highest BCUT2D eigenvalue weighted by Gasteiger charge is 2.33. The summed E-state index contributed by atoms with van der Waals surface area (Å²) in [5.74, 6) is 0.274. The van der Waals surface area contributed by atoms with E-state index in [2.05, 4.69) is 4.74 Å². The van der Waals surface area contributed by atoms with Crippen LogP contribution in [0.5, 0.6) is 5.75 Å². The Bertz CT molecular complexity index is 560. The van der Waals surface area contributed by atoms with E-state index in [-0.39, 0.29) is 11.3 Å². The number of ether oxygens (including phenoxy) is 1. The highest BCUT2D eigenvalue weighted by Crippen LogP contribution is 2.33. The molecular weight excluding hydrogens is 261 g/mol. The summed E-state index contributed by atoms with van der Waals surface area (Å²) in [7, 11) is 0. The summed E-state index contributed by atoms with van der Waals surface area (Å²) in [4.78, 5) is 0. The molecule has 2 aromatic rings. The molecule has 0 fully saturated rings. The van der Waals surface area contributed by atoms with Gasteiger partial charge in [-0.25, -0.2) is 0 Å². The average molecular weight is 272 g/mol. The van der Waals surface area contributed by atoms with Gasteiger partial charge in [-0.1, -0.05) is 18.2 Å². The third-order valence-electron chi connectivity index (χ3n) is 2.47. The van der Waals surface area contributed by atoms with Gasteiger partial charge in [-0.3, -0.25) is 0 Å². The summed E-state index contributed by atoms with van der Waals surface area (Å²) in [6, 6.07) is 8.52. The molecule has 0 aliphatic rings. The Hall–Kier alpha value is -1.95. The molecule has 102 valence electrons. The maximum absolute atomic E-state index is 12.3. The fourth-order valence-corrected chi connectivity index (χ4v) is 1.68. The van der Waals surface area contributed by atoms with Crippen LogP contribution in [-0.4, -0.2) is 11.5 Å². The van der Waals surface area contributed by atoms with Crippen molar-refractivity contribution in [2.24, 2.45) is 0 Å². The van der Waals surface area contributed by atoms with Crippen molar-refractivity contribution in [2.45, 2.75) is 19.4 Å². The van der Waals surface area contributed by atoms with Gasteiger partial charge in [0, 0.05) is 5.56 Å². The largest absolute Gasteiger partial charge is 0.573 e. The van der Waals surface area contributed by atoms with E-state index in [1.165, 1.54) is 24.3 Å². The Morgan fingerprint density at radius 2 is 1.84 bits per heavy atom. The van der Waals surface area contributed by atoms with Crippen molar-refractivity contribution >= 4 is 0 Å². The van der Waals surface area contributed by atoms with Gasteiger partial charge in [-0.2, -0.15) is 0 Å². The van der Waals surface area contributed by atoms with Gasteiger partial charge in [0.15, 0.2) is 0 Å². The molecule has 1 atom stereocenters. The number of para-hydroxylation sites is 1. The second-order valence-electron chi connectivity index (χ2n) is 3.94. The minimum absolute atomic E-state index is 0.00539. The van der Waals surface area contributed by atoms with Gasteiger partial charge in [0.1, 0.15) is 23.4 Å². The molecule has 0 radical (unpaired) electrons. The number of rotatable bonds is 3. The number of hydrogen-bond acceptors (Lipinski definition) is 3. The van der Waals surface area contributed by atoms with E-state index in [0.29, 0.717) is 5.76 Å². The Kier molecular flexibility index (Phi) is 3.53. The molecule has 3 nitrogen and oxygen atoms in total. The fraction of sp³-hybridized carbons (Fsp3) is 0.231. The van der Waals surface area contributed by atoms with Crippen LogP contribution >= 0.6 is 0 Å². The van der Waals surface area contributed by atoms with Crippen LogP contribution in [0.4, 0.5) is 13.2 Å². The highest BCUT2D eigenvalue weighted by molar-refractivity contribution is 5.38. The standard InChI is InChI=1S/C13H11F3O3/c1-8-6-7-11(18-8)12(17)9-4-2-3-5-10(9)19-13(14,15)16/h2-7,12,17H,1H3. The Labute approximate surface area is 107 Å². The van der Waals surface area contributed by atoms with Gasteiger partial charge in [-0.05, 0) is 25.1 Å². The Morgan fingerprint density at radius 3 is 2.42 bits per heavy atom. The molecule has 1 N–H and O–H groups in total. The Morgan fingerprint density at radius 1 is 1.16 bits per heavy atom. The molecule has 0 amide bonds. The van der Waals surface area contributed by atoms with E-state index >= 15 is 0 Å². The lowest BCUT2D eigenvalue weighted by atomic mass is 10.1. The van der Waals surface area contributed by atoms with Crippen molar-refractivity contribution in [2.75, 3.05) is 0 Å². The SMILES string of the molecule is Cc1ccc(C(O)c2ccccc2OC(F)(F)F)o1. The maximum atomic E-state index is 12.3. The lowest BCUT2D eigenvalue weighted by molar-refractivity contribution is -0.275. The molecule has 1 heterocycles. The lowest BCUT2D eigenvalue weighted by Crippen LogP contribution is -2.18. The lowest BCUT2D eigenvalue weighted by Gasteiger charge is -2.15. The number of aryl methyl sites for hydroxylation is 1. The zero-order valence-corrected chi connectivity index (χ0v) is 9.94. The second kappa shape index (κ2) is 4.97. The third-order valence-corrected chi connectivity index (χ3v) is 2.47. The highest BCUT2D eigenvalue weighted by atomic mass is 19.4. The number of benzene rings is 1. The van der Waals surface area contributed by atoms with Crippen LogP contribution in [0, 0.1) is 6.92 Å². The molecule has 6 heteroatoms. The van der Waals surface area contributed by atoms with Gasteiger partial charge in [-0.15, -0.1) is 13.2 Å². The minimum Gasteiger partial charge on any atom is -0.463 e. The number of hydrogen-bond donors (Lipinski definition) is 1. The van der Waals surface area contributed by atoms with Crippen LogP contribution < -0.4 is 4.74 Å². The molecule has 0 aliphatic heterocycles.